The van der Waals surface area contributed by atoms with Crippen molar-refractivity contribution >= 4 is 40.8 Å². The van der Waals surface area contributed by atoms with Gasteiger partial charge in [0.1, 0.15) is 24.2 Å². The number of aryl methyl sites for hydroxylation is 1. The first kappa shape index (κ1) is 27.2. The molecular formula is C26H29Cl3N2O4. The fraction of sp³-hybridized carbons (Fsp3) is 0.385. The van der Waals surface area contributed by atoms with E-state index in [9.17, 15) is 4.79 Å². The molecule has 188 valence electrons. The molecule has 0 saturated heterocycles. The van der Waals surface area contributed by atoms with Gasteiger partial charge in [0.2, 0.25) is 0 Å². The second-order valence-electron chi connectivity index (χ2n) is 8.61. The molecule has 1 unspecified atom stereocenters. The third kappa shape index (κ3) is 7.53. The summed E-state index contributed by atoms with van der Waals surface area (Å²) >= 11 is 18.9. The molecule has 0 fully saturated rings. The Bertz CT molecular complexity index is 1120. The van der Waals surface area contributed by atoms with Gasteiger partial charge in [-0.1, -0.05) is 49.2 Å². The lowest BCUT2D eigenvalue weighted by Gasteiger charge is -2.27. The van der Waals surface area contributed by atoms with Crippen molar-refractivity contribution in [3.05, 3.63) is 76.3 Å². The summed E-state index contributed by atoms with van der Waals surface area (Å²) in [6.07, 6.45) is 5.77. The number of halogens is 3. The number of nitrogens with zero attached hydrogens (tertiary/aromatic N) is 2. The average molecular weight is 540 g/mol. The van der Waals surface area contributed by atoms with Gasteiger partial charge in [0.05, 0.1) is 28.9 Å². The molecule has 0 bridgehead atoms. The van der Waals surface area contributed by atoms with Crippen molar-refractivity contribution in [1.82, 2.24) is 9.55 Å². The summed E-state index contributed by atoms with van der Waals surface area (Å²) in [5.74, 6) is 0.867. The van der Waals surface area contributed by atoms with Crippen LogP contribution in [-0.2, 0) is 21.5 Å². The van der Waals surface area contributed by atoms with Gasteiger partial charge in [-0.15, -0.1) is 11.6 Å². The highest BCUT2D eigenvalue weighted by molar-refractivity contribution is 6.32. The van der Waals surface area contributed by atoms with Crippen molar-refractivity contribution in [2.75, 3.05) is 19.1 Å². The fourth-order valence-corrected chi connectivity index (χ4v) is 4.18. The largest absolute Gasteiger partial charge is 0.492 e. The van der Waals surface area contributed by atoms with Crippen molar-refractivity contribution in [1.29, 1.82) is 0 Å². The summed E-state index contributed by atoms with van der Waals surface area (Å²) in [4.78, 5) is 15.2. The number of carbonyl (C=O) groups excluding carboxylic acids is 1. The lowest BCUT2D eigenvalue weighted by atomic mass is 9.78. The Morgan fingerprint density at radius 1 is 1.06 bits per heavy atom. The van der Waals surface area contributed by atoms with Gasteiger partial charge in [-0.3, -0.25) is 4.79 Å². The van der Waals surface area contributed by atoms with Crippen LogP contribution in [0.2, 0.25) is 10.0 Å². The zero-order valence-corrected chi connectivity index (χ0v) is 22.2. The molecule has 6 nitrogen and oxygen atoms in total. The van der Waals surface area contributed by atoms with E-state index >= 15 is 0 Å². The van der Waals surface area contributed by atoms with Gasteiger partial charge in [-0.05, 0) is 41.8 Å². The Morgan fingerprint density at radius 2 is 1.69 bits per heavy atom. The minimum absolute atomic E-state index is 0.116. The maximum Gasteiger partial charge on any atom is 0.303 e. The van der Waals surface area contributed by atoms with Crippen molar-refractivity contribution in [3.63, 3.8) is 0 Å². The van der Waals surface area contributed by atoms with Gasteiger partial charge >= 0.3 is 5.97 Å². The number of rotatable bonds is 12. The molecule has 0 aliphatic carbocycles. The molecule has 9 heteroatoms. The molecule has 35 heavy (non-hydrogen) atoms. The molecule has 0 aliphatic heterocycles. The van der Waals surface area contributed by atoms with Crippen LogP contribution in [0.4, 0.5) is 0 Å². The number of alkyl halides is 1. The van der Waals surface area contributed by atoms with Crippen LogP contribution in [0.1, 0.15) is 38.3 Å². The van der Waals surface area contributed by atoms with E-state index in [1.165, 1.54) is 6.92 Å². The van der Waals surface area contributed by atoms with E-state index in [0.29, 0.717) is 28.2 Å². The van der Waals surface area contributed by atoms with Crippen LogP contribution in [0.3, 0.4) is 0 Å². The fourth-order valence-electron chi connectivity index (χ4n) is 3.56. The molecule has 0 amide bonds. The first-order valence-electron chi connectivity index (χ1n) is 11.2. The molecule has 1 atom stereocenters. The molecule has 1 heterocycles. The number of aromatic nitrogens is 2. The lowest BCUT2D eigenvalue weighted by molar-refractivity contribution is -0.146. The first-order chi connectivity index (χ1) is 16.7. The second kappa shape index (κ2) is 12.5. The highest BCUT2D eigenvalue weighted by Crippen LogP contribution is 2.38. The van der Waals surface area contributed by atoms with E-state index in [0.717, 1.165) is 24.1 Å². The molecule has 2 aromatic carbocycles. The minimum atomic E-state index is -0.546. The maximum absolute atomic E-state index is 11.2. The van der Waals surface area contributed by atoms with Gasteiger partial charge < -0.3 is 18.8 Å². The van der Waals surface area contributed by atoms with Crippen LogP contribution in [0.5, 0.6) is 11.5 Å². The summed E-state index contributed by atoms with van der Waals surface area (Å²) in [5.41, 5.74) is 1.64. The number of hydrogen-bond donors (Lipinski definition) is 0. The summed E-state index contributed by atoms with van der Waals surface area (Å²) in [7, 11) is 0. The summed E-state index contributed by atoms with van der Waals surface area (Å²) < 4.78 is 18.7. The first-order valence-corrected chi connectivity index (χ1v) is 12.5. The van der Waals surface area contributed by atoms with Crippen LogP contribution in [0, 0.1) is 0 Å². The average Bonchev–Trinajstić information content (AvgIpc) is 3.34. The van der Waals surface area contributed by atoms with Gasteiger partial charge in [0, 0.05) is 31.3 Å². The van der Waals surface area contributed by atoms with Crippen LogP contribution in [0.15, 0.2) is 55.1 Å². The Balaban J connectivity index is 1.64. The standard InChI is InChI=1S/C26H29Cl3N2O4/c1-18(32)35-21(15-27)16-34-25-8-6-20(14-23(25)29)26(2,3)19-5-7-24(22(28)13-19)33-12-4-10-31-11-9-30-17-31/h5-9,11,13-14,17,21H,4,10,12,15-16H2,1-3H3. The van der Waals surface area contributed by atoms with Crippen molar-refractivity contribution in [3.8, 4) is 11.5 Å². The zero-order valence-electron chi connectivity index (χ0n) is 20.0. The molecule has 0 N–H and O–H groups in total. The molecule has 0 radical (unpaired) electrons. The van der Waals surface area contributed by atoms with Crippen LogP contribution in [-0.4, -0.2) is 40.7 Å². The number of carbonyl (C=O) groups is 1. The topological polar surface area (TPSA) is 62.6 Å². The Hall–Kier alpha value is -2.41. The van der Waals surface area contributed by atoms with Crippen molar-refractivity contribution in [2.24, 2.45) is 0 Å². The lowest BCUT2D eigenvalue weighted by Crippen LogP contribution is -2.25. The van der Waals surface area contributed by atoms with Crippen LogP contribution >= 0.6 is 34.8 Å². The smallest absolute Gasteiger partial charge is 0.303 e. The molecule has 3 aromatic rings. The quantitative estimate of drug-likeness (QED) is 0.149. The van der Waals surface area contributed by atoms with E-state index in [4.69, 9.17) is 49.0 Å². The van der Waals surface area contributed by atoms with Gasteiger partial charge in [0.15, 0.2) is 0 Å². The highest BCUT2D eigenvalue weighted by Gasteiger charge is 2.25. The van der Waals surface area contributed by atoms with Crippen LogP contribution in [0.25, 0.3) is 0 Å². The molecule has 0 aliphatic rings. The maximum atomic E-state index is 11.2. The predicted molar refractivity (Wildman–Crippen MR) is 139 cm³/mol. The molecule has 3 rings (SSSR count). The van der Waals surface area contributed by atoms with E-state index < -0.39 is 12.1 Å². The summed E-state index contributed by atoms with van der Waals surface area (Å²) in [6, 6.07) is 11.5. The highest BCUT2D eigenvalue weighted by atomic mass is 35.5. The number of imidazole rings is 1. The van der Waals surface area contributed by atoms with E-state index in [-0.39, 0.29) is 17.9 Å². The van der Waals surface area contributed by atoms with Crippen LogP contribution < -0.4 is 9.47 Å². The predicted octanol–water partition coefficient (Wildman–Crippen LogP) is 6.53. The van der Waals surface area contributed by atoms with E-state index in [2.05, 4.69) is 18.8 Å². The molecule has 0 saturated carbocycles. The normalized spacial score (nSPS) is 12.3. The van der Waals surface area contributed by atoms with E-state index in [1.807, 2.05) is 41.1 Å². The zero-order chi connectivity index (χ0) is 25.4. The Morgan fingerprint density at radius 3 is 2.20 bits per heavy atom. The third-order valence-corrected chi connectivity index (χ3v) is 6.55. The molecular weight excluding hydrogens is 511 g/mol. The van der Waals surface area contributed by atoms with Crippen molar-refractivity contribution < 1.29 is 19.0 Å². The monoisotopic (exact) mass is 538 g/mol. The Kier molecular flexibility index (Phi) is 9.72. The van der Waals surface area contributed by atoms with Crippen molar-refractivity contribution in [2.45, 2.75) is 45.3 Å². The number of ether oxygens (including phenoxy) is 3. The summed E-state index contributed by atoms with van der Waals surface area (Å²) in [6.45, 7) is 7.03. The minimum Gasteiger partial charge on any atom is -0.492 e. The third-order valence-electron chi connectivity index (χ3n) is 5.61. The molecule has 0 spiro atoms. The Labute approximate surface area is 221 Å². The summed E-state index contributed by atoms with van der Waals surface area (Å²) in [5, 5.41) is 1.01. The number of esters is 1. The SMILES string of the molecule is CC(=O)OC(CCl)COc1ccc(C(C)(C)c2ccc(OCCCn3ccnc3)c(Cl)c2)cc1Cl. The van der Waals surface area contributed by atoms with Gasteiger partial charge in [-0.25, -0.2) is 4.98 Å². The van der Waals surface area contributed by atoms with Gasteiger partial charge in [-0.2, -0.15) is 0 Å². The number of benzene rings is 2. The van der Waals surface area contributed by atoms with Gasteiger partial charge in [0.25, 0.3) is 0 Å². The molecule has 1 aromatic heterocycles. The van der Waals surface area contributed by atoms with E-state index in [1.54, 1.807) is 18.6 Å². The second-order valence-corrected chi connectivity index (χ2v) is 9.74. The number of hydrogen-bond acceptors (Lipinski definition) is 5.